The lowest BCUT2D eigenvalue weighted by Gasteiger charge is -2.19. The monoisotopic (exact) mass is 843 g/mol. The number of carbonyl (C=O) groups excluding carboxylic acids is 2. The van der Waals surface area contributed by atoms with E-state index in [4.69, 9.17) is 19.3 Å². The van der Waals surface area contributed by atoms with Crippen LogP contribution in [0.25, 0.3) is 0 Å². The Balaban J connectivity index is 4.04. The van der Waals surface area contributed by atoms with Crippen molar-refractivity contribution in [3.63, 3.8) is 0 Å². The number of allylic oxidation sites excluding steroid dienone is 5. The molecule has 0 saturated carbocycles. The van der Waals surface area contributed by atoms with Gasteiger partial charge in [-0.25, -0.2) is 4.57 Å². The zero-order valence-corrected chi connectivity index (χ0v) is 37.8. The lowest BCUT2D eigenvalue weighted by Crippen LogP contribution is -2.30. The molecule has 0 aromatic carbocycles. The van der Waals surface area contributed by atoms with Gasteiger partial charge in [-0.1, -0.05) is 192 Å². The molecule has 0 spiro atoms. The molecule has 0 bridgehead atoms. The molecule has 58 heavy (non-hydrogen) atoms. The minimum absolute atomic E-state index is 0.0999. The van der Waals surface area contributed by atoms with Gasteiger partial charge in [-0.15, -0.1) is 0 Å². The topological polar surface area (TPSA) is 160 Å². The first-order valence-corrected chi connectivity index (χ1v) is 25.0. The van der Waals surface area contributed by atoms with Crippen LogP contribution in [0.1, 0.15) is 219 Å². The van der Waals surface area contributed by atoms with Crippen LogP contribution in [0, 0.1) is 0 Å². The van der Waals surface area contributed by atoms with Crippen LogP contribution >= 0.6 is 7.82 Å². The van der Waals surface area contributed by atoms with Gasteiger partial charge >= 0.3 is 19.8 Å². The van der Waals surface area contributed by atoms with Gasteiger partial charge < -0.3 is 29.5 Å². The summed E-state index contributed by atoms with van der Waals surface area (Å²) in [5.74, 6) is -1.16. The maximum absolute atomic E-state index is 12.5. The molecule has 340 valence electrons. The molecular weight excluding hydrogens is 755 g/mol. The number of esters is 2. The van der Waals surface area contributed by atoms with Crippen LogP contribution in [-0.2, 0) is 28.2 Å². The molecule has 11 heteroatoms. The third-order valence-corrected chi connectivity index (χ3v) is 10.8. The highest BCUT2D eigenvalue weighted by Gasteiger charge is 2.23. The Morgan fingerprint density at radius 2 is 0.948 bits per heavy atom. The van der Waals surface area contributed by atoms with Gasteiger partial charge in [0.15, 0.2) is 6.10 Å². The van der Waals surface area contributed by atoms with Crippen molar-refractivity contribution in [3.8, 4) is 0 Å². The quantitative estimate of drug-likeness (QED) is 0.0201. The molecule has 2 unspecified atom stereocenters. The second kappa shape index (κ2) is 41.9. The average Bonchev–Trinajstić information content (AvgIpc) is 3.19. The van der Waals surface area contributed by atoms with Crippen molar-refractivity contribution in [2.45, 2.75) is 238 Å². The molecule has 0 saturated heterocycles. The lowest BCUT2D eigenvalue weighted by molar-refractivity contribution is -0.161. The Bertz CT molecular complexity index is 1070. The smallest absolute Gasteiger partial charge is 0.462 e. The highest BCUT2D eigenvalue weighted by Crippen LogP contribution is 2.36. The molecule has 0 aliphatic carbocycles. The fraction of sp³-hybridized carbons (Fsp3) is 0.830. The van der Waals surface area contributed by atoms with Gasteiger partial charge in [0.1, 0.15) is 6.61 Å². The van der Waals surface area contributed by atoms with E-state index in [9.17, 15) is 24.4 Å². The number of phosphoric acid groups is 1. The van der Waals surface area contributed by atoms with Gasteiger partial charge in [0.25, 0.3) is 0 Å². The van der Waals surface area contributed by atoms with E-state index in [0.29, 0.717) is 6.42 Å². The number of ether oxygens (including phenoxy) is 2. The third kappa shape index (κ3) is 42.3. The average molecular weight is 843 g/mol. The number of hydrogen-bond acceptors (Lipinski definition) is 8. The standard InChI is InChI=1S/C47H87O10P/c1-3-5-7-9-11-13-15-17-18-19-20-21-22-23-24-25-27-29-31-33-35-39-46(50)55-41-43(42-56-58(52,53)54)57-47(51)40-36-38-45(49)44(48)37-34-32-30-28-26-16-14-12-10-8-6-4-2/h12,14,26,28,32,34,43-45,48-49H,3-11,13,15-25,27,29-31,33,35-42H2,1-2H3,(H2,52,53,54)/b14-12-,28-26-,34-32-/t43-,44?,45?/m1/s1. The summed E-state index contributed by atoms with van der Waals surface area (Å²) >= 11 is 0. The fourth-order valence-electron chi connectivity index (χ4n) is 6.71. The summed E-state index contributed by atoms with van der Waals surface area (Å²) in [6.45, 7) is 3.44. The molecule has 3 atom stereocenters. The number of unbranched alkanes of at least 4 members (excludes halogenated alkanes) is 23. The van der Waals surface area contributed by atoms with E-state index in [2.05, 4.69) is 42.7 Å². The van der Waals surface area contributed by atoms with Crippen molar-refractivity contribution in [1.29, 1.82) is 0 Å². The van der Waals surface area contributed by atoms with E-state index >= 15 is 0 Å². The molecule has 0 aromatic rings. The lowest BCUT2D eigenvalue weighted by atomic mass is 10.0. The maximum Gasteiger partial charge on any atom is 0.469 e. The number of aliphatic hydroxyl groups excluding tert-OH is 2. The molecular formula is C47H87O10P. The Morgan fingerprint density at radius 3 is 1.45 bits per heavy atom. The molecule has 0 aromatic heterocycles. The minimum atomic E-state index is -4.84. The normalized spacial score (nSPS) is 13.8. The SMILES string of the molecule is CCCCC/C=C\C/C=C\C/C=C\CC(O)C(O)CCCC(=O)O[C@H](COC(=O)CCCCCCCCCCCCCCCCCCCCCCC)COP(=O)(O)O. The van der Waals surface area contributed by atoms with E-state index in [1.54, 1.807) is 0 Å². The van der Waals surface area contributed by atoms with Crippen LogP contribution in [0.5, 0.6) is 0 Å². The van der Waals surface area contributed by atoms with Gasteiger partial charge in [0.05, 0.1) is 18.8 Å². The van der Waals surface area contributed by atoms with Crippen molar-refractivity contribution in [2.75, 3.05) is 13.2 Å². The molecule has 0 amide bonds. The Morgan fingerprint density at radius 1 is 0.517 bits per heavy atom. The Kier molecular flexibility index (Phi) is 40.6. The minimum Gasteiger partial charge on any atom is -0.462 e. The summed E-state index contributed by atoms with van der Waals surface area (Å²) in [4.78, 5) is 43.0. The van der Waals surface area contributed by atoms with E-state index in [1.165, 1.54) is 128 Å². The van der Waals surface area contributed by atoms with Gasteiger partial charge in [-0.2, -0.15) is 0 Å². The summed E-state index contributed by atoms with van der Waals surface area (Å²) in [7, 11) is -4.84. The van der Waals surface area contributed by atoms with E-state index in [1.807, 2.05) is 12.2 Å². The number of phosphoric ester groups is 1. The van der Waals surface area contributed by atoms with Crippen LogP contribution in [-0.4, -0.2) is 63.5 Å². The maximum atomic E-state index is 12.5. The molecule has 4 N–H and O–H groups in total. The van der Waals surface area contributed by atoms with Crippen LogP contribution in [0.4, 0.5) is 0 Å². The van der Waals surface area contributed by atoms with E-state index < -0.39 is 44.7 Å². The van der Waals surface area contributed by atoms with Gasteiger partial charge in [-0.05, 0) is 51.4 Å². The number of hydrogen-bond donors (Lipinski definition) is 4. The fourth-order valence-corrected chi connectivity index (χ4v) is 7.07. The molecule has 0 fully saturated rings. The number of aliphatic hydroxyl groups is 2. The Hall–Kier alpha value is -1.81. The predicted octanol–water partition coefficient (Wildman–Crippen LogP) is 12.5. The van der Waals surface area contributed by atoms with Crippen LogP contribution in [0.3, 0.4) is 0 Å². The number of rotatable bonds is 43. The first-order chi connectivity index (χ1) is 28.1. The van der Waals surface area contributed by atoms with Crippen molar-refractivity contribution in [1.82, 2.24) is 0 Å². The van der Waals surface area contributed by atoms with Crippen LogP contribution in [0.15, 0.2) is 36.5 Å². The Labute approximate surface area is 354 Å². The van der Waals surface area contributed by atoms with E-state index in [0.717, 1.165) is 38.5 Å². The van der Waals surface area contributed by atoms with Gasteiger partial charge in [-0.3, -0.25) is 14.1 Å². The van der Waals surface area contributed by atoms with Crippen molar-refractivity contribution in [3.05, 3.63) is 36.5 Å². The predicted molar refractivity (Wildman–Crippen MR) is 237 cm³/mol. The van der Waals surface area contributed by atoms with Crippen molar-refractivity contribution in [2.24, 2.45) is 0 Å². The molecule has 0 heterocycles. The van der Waals surface area contributed by atoms with Crippen molar-refractivity contribution >= 4 is 19.8 Å². The second-order valence-electron chi connectivity index (χ2n) is 16.0. The molecule has 0 aliphatic rings. The molecule has 0 aliphatic heterocycles. The molecule has 0 rings (SSSR count). The summed E-state index contributed by atoms with van der Waals surface area (Å²) in [5.41, 5.74) is 0. The first-order valence-electron chi connectivity index (χ1n) is 23.4. The zero-order valence-electron chi connectivity index (χ0n) is 36.9. The summed E-state index contributed by atoms with van der Waals surface area (Å²) in [6, 6.07) is 0. The first kappa shape index (κ1) is 56.2. The zero-order chi connectivity index (χ0) is 42.8. The highest BCUT2D eigenvalue weighted by molar-refractivity contribution is 7.46. The molecule has 0 radical (unpaired) electrons. The van der Waals surface area contributed by atoms with Crippen molar-refractivity contribution < 1.29 is 48.2 Å². The summed E-state index contributed by atoms with van der Waals surface area (Å²) in [5, 5.41) is 20.6. The summed E-state index contributed by atoms with van der Waals surface area (Å²) < 4.78 is 26.3. The second-order valence-corrected chi connectivity index (χ2v) is 17.3. The largest absolute Gasteiger partial charge is 0.469 e. The highest BCUT2D eigenvalue weighted by atomic mass is 31.2. The van der Waals surface area contributed by atoms with Gasteiger partial charge in [0.2, 0.25) is 0 Å². The number of carbonyl (C=O) groups is 2. The van der Waals surface area contributed by atoms with Crippen LogP contribution < -0.4 is 0 Å². The van der Waals surface area contributed by atoms with Crippen LogP contribution in [0.2, 0.25) is 0 Å². The third-order valence-electron chi connectivity index (χ3n) is 10.4. The van der Waals surface area contributed by atoms with E-state index in [-0.39, 0.29) is 38.7 Å². The molecule has 10 nitrogen and oxygen atoms in total. The summed E-state index contributed by atoms with van der Waals surface area (Å²) in [6.07, 6.45) is 43.3. The van der Waals surface area contributed by atoms with Gasteiger partial charge in [0, 0.05) is 12.8 Å².